The first kappa shape index (κ1) is 18.9. The lowest BCUT2D eigenvalue weighted by Crippen LogP contribution is -2.41. The zero-order valence-corrected chi connectivity index (χ0v) is 15.9. The molecule has 4 rings (SSSR count). The third kappa shape index (κ3) is 4.03. The molecule has 2 unspecified atom stereocenters. The number of amides is 1. The second-order valence-corrected chi connectivity index (χ2v) is 6.90. The summed E-state index contributed by atoms with van der Waals surface area (Å²) < 4.78 is 1.45. The number of hydrogen-bond acceptors (Lipinski definition) is 5. The van der Waals surface area contributed by atoms with Gasteiger partial charge in [0.25, 0.3) is 11.5 Å². The zero-order chi connectivity index (χ0) is 20.2. The molecular formula is C21H22N6O2. The van der Waals surface area contributed by atoms with Crippen LogP contribution in [0.15, 0.2) is 70.6 Å². The molecule has 1 amide bonds. The van der Waals surface area contributed by atoms with Crippen molar-refractivity contribution in [2.75, 3.05) is 0 Å². The molecule has 29 heavy (non-hydrogen) atoms. The third-order valence-corrected chi connectivity index (χ3v) is 4.92. The molecule has 2 aromatic carbocycles. The van der Waals surface area contributed by atoms with Crippen molar-refractivity contribution in [3.63, 3.8) is 0 Å². The normalized spacial score (nSPS) is 18.9. The van der Waals surface area contributed by atoms with Crippen LogP contribution in [0.3, 0.4) is 0 Å². The zero-order valence-electron chi connectivity index (χ0n) is 15.9. The van der Waals surface area contributed by atoms with E-state index in [0.29, 0.717) is 17.7 Å². The van der Waals surface area contributed by atoms with Crippen LogP contribution in [0.1, 0.15) is 29.3 Å². The average molecular weight is 390 g/mol. The summed E-state index contributed by atoms with van der Waals surface area (Å²) in [4.78, 5) is 25.0. The van der Waals surface area contributed by atoms with Crippen molar-refractivity contribution < 1.29 is 4.79 Å². The minimum atomic E-state index is -0.411. The number of aromatic nitrogens is 2. The molecule has 2 atom stereocenters. The maximum absolute atomic E-state index is 12.6. The van der Waals surface area contributed by atoms with Crippen LogP contribution in [0.2, 0.25) is 0 Å². The summed E-state index contributed by atoms with van der Waals surface area (Å²) in [5.41, 5.74) is 11.3. The van der Waals surface area contributed by atoms with E-state index >= 15 is 0 Å². The Balaban J connectivity index is 1.40. The Kier molecular flexibility index (Phi) is 5.37. The number of para-hydroxylation sites is 1. The average Bonchev–Trinajstić information content (AvgIpc) is 3.36. The fraction of sp³-hybridized carbons (Fsp3) is 0.190. The van der Waals surface area contributed by atoms with Crippen LogP contribution < -0.4 is 21.8 Å². The van der Waals surface area contributed by atoms with Gasteiger partial charge in [0.1, 0.15) is 6.04 Å². The Morgan fingerprint density at radius 1 is 1.10 bits per heavy atom. The van der Waals surface area contributed by atoms with Gasteiger partial charge in [0.15, 0.2) is 0 Å². The molecule has 0 radical (unpaired) electrons. The Morgan fingerprint density at radius 3 is 2.52 bits per heavy atom. The highest BCUT2D eigenvalue weighted by atomic mass is 16.2. The van der Waals surface area contributed by atoms with Gasteiger partial charge >= 0.3 is 0 Å². The van der Waals surface area contributed by atoms with Crippen LogP contribution in [-0.2, 0) is 4.79 Å². The van der Waals surface area contributed by atoms with E-state index in [0.717, 1.165) is 11.3 Å². The molecule has 1 aromatic heterocycles. The van der Waals surface area contributed by atoms with Crippen LogP contribution in [0.4, 0.5) is 0 Å². The Hall–Kier alpha value is -3.49. The molecule has 8 nitrogen and oxygen atoms in total. The van der Waals surface area contributed by atoms with E-state index in [1.165, 1.54) is 10.9 Å². The molecule has 0 saturated carbocycles. The lowest BCUT2D eigenvalue weighted by atomic mass is 10.0. The number of aryl methyl sites for hydroxylation is 1. The maximum atomic E-state index is 12.6. The Labute approximate surface area is 167 Å². The lowest BCUT2D eigenvalue weighted by molar-refractivity contribution is -0.122. The van der Waals surface area contributed by atoms with Crippen molar-refractivity contribution in [2.24, 2.45) is 5.10 Å². The number of rotatable bonds is 5. The highest BCUT2D eigenvalue weighted by molar-refractivity contribution is 5.85. The minimum absolute atomic E-state index is 0.0564. The molecule has 0 spiro atoms. The molecular weight excluding hydrogens is 368 g/mol. The van der Waals surface area contributed by atoms with Gasteiger partial charge in [-0.15, -0.1) is 0 Å². The molecule has 0 aliphatic carbocycles. The first-order valence-electron chi connectivity index (χ1n) is 9.39. The smallest absolute Gasteiger partial charge is 0.280 e. The van der Waals surface area contributed by atoms with E-state index in [9.17, 15) is 9.59 Å². The van der Waals surface area contributed by atoms with Crippen molar-refractivity contribution in [1.29, 1.82) is 0 Å². The standard InChI is InChI=1S/C21H22N6O2/c1-14-17(21(29)27(26-14)16-10-6-3-7-11-16)13-22-25-20(28)19-12-18(23-24-19)15-8-4-2-5-9-15/h2-11,13,18-19,23-24,26H,12H2,1H3,(H,25,28)/b22-13+. The lowest BCUT2D eigenvalue weighted by Gasteiger charge is -2.08. The molecule has 0 bridgehead atoms. The van der Waals surface area contributed by atoms with E-state index in [-0.39, 0.29) is 17.5 Å². The second-order valence-electron chi connectivity index (χ2n) is 6.90. The van der Waals surface area contributed by atoms with E-state index in [4.69, 9.17) is 0 Å². The van der Waals surface area contributed by atoms with Crippen LogP contribution >= 0.6 is 0 Å². The summed E-state index contributed by atoms with van der Waals surface area (Å²) in [6.07, 6.45) is 1.98. The number of aromatic amines is 1. The van der Waals surface area contributed by atoms with Crippen molar-refractivity contribution in [3.05, 3.63) is 87.8 Å². The molecule has 8 heteroatoms. The van der Waals surface area contributed by atoms with Crippen molar-refractivity contribution >= 4 is 12.1 Å². The summed E-state index contributed by atoms with van der Waals surface area (Å²) in [5, 5.41) is 7.01. The van der Waals surface area contributed by atoms with Gasteiger partial charge in [-0.05, 0) is 31.0 Å². The quantitative estimate of drug-likeness (QED) is 0.392. The largest absolute Gasteiger partial charge is 0.295 e. The van der Waals surface area contributed by atoms with Crippen LogP contribution in [-0.4, -0.2) is 27.9 Å². The number of carbonyl (C=O) groups excluding carboxylic acids is 1. The number of nitrogens with zero attached hydrogens (tertiary/aromatic N) is 2. The Morgan fingerprint density at radius 2 is 1.79 bits per heavy atom. The molecule has 3 aromatic rings. The predicted octanol–water partition coefficient (Wildman–Crippen LogP) is 1.53. The van der Waals surface area contributed by atoms with E-state index < -0.39 is 6.04 Å². The van der Waals surface area contributed by atoms with Crippen LogP contribution in [0.25, 0.3) is 5.69 Å². The van der Waals surface area contributed by atoms with E-state index in [1.807, 2.05) is 60.7 Å². The number of hydrazine groups is 1. The number of carbonyl (C=O) groups is 1. The number of nitrogens with one attached hydrogen (secondary N) is 4. The first-order chi connectivity index (χ1) is 14.1. The summed E-state index contributed by atoms with van der Waals surface area (Å²) >= 11 is 0. The van der Waals surface area contributed by atoms with Gasteiger partial charge in [-0.2, -0.15) is 5.10 Å². The first-order valence-corrected chi connectivity index (χ1v) is 9.39. The summed E-state index contributed by atoms with van der Waals surface area (Å²) in [6, 6.07) is 18.8. The number of benzene rings is 2. The van der Waals surface area contributed by atoms with Gasteiger partial charge in [0, 0.05) is 11.7 Å². The number of hydrazone groups is 1. The molecule has 148 valence electrons. The molecule has 1 saturated heterocycles. The minimum Gasteiger partial charge on any atom is -0.295 e. The monoisotopic (exact) mass is 390 g/mol. The summed E-state index contributed by atoms with van der Waals surface area (Å²) in [6.45, 7) is 1.79. The van der Waals surface area contributed by atoms with Crippen molar-refractivity contribution in [2.45, 2.75) is 25.4 Å². The van der Waals surface area contributed by atoms with Gasteiger partial charge in [-0.25, -0.2) is 21.0 Å². The molecule has 2 heterocycles. The second kappa shape index (κ2) is 8.26. The SMILES string of the molecule is Cc1[nH]n(-c2ccccc2)c(=O)c1/C=N/NC(=O)C1CC(c2ccccc2)NN1. The van der Waals surface area contributed by atoms with Crippen molar-refractivity contribution in [3.8, 4) is 5.69 Å². The summed E-state index contributed by atoms with van der Waals surface area (Å²) in [5.74, 6) is -0.260. The maximum Gasteiger partial charge on any atom is 0.280 e. The predicted molar refractivity (Wildman–Crippen MR) is 111 cm³/mol. The topological polar surface area (TPSA) is 103 Å². The fourth-order valence-corrected chi connectivity index (χ4v) is 3.34. The highest BCUT2D eigenvalue weighted by Gasteiger charge is 2.29. The summed E-state index contributed by atoms with van der Waals surface area (Å²) in [7, 11) is 0. The number of hydrogen-bond donors (Lipinski definition) is 4. The van der Waals surface area contributed by atoms with E-state index in [1.54, 1.807) is 6.92 Å². The number of H-pyrrole nitrogens is 1. The molecule has 1 fully saturated rings. The van der Waals surface area contributed by atoms with E-state index in [2.05, 4.69) is 26.5 Å². The van der Waals surface area contributed by atoms with Gasteiger partial charge in [-0.1, -0.05) is 48.5 Å². The highest BCUT2D eigenvalue weighted by Crippen LogP contribution is 2.21. The van der Waals surface area contributed by atoms with Crippen LogP contribution in [0, 0.1) is 6.92 Å². The molecule has 4 N–H and O–H groups in total. The fourth-order valence-electron chi connectivity index (χ4n) is 3.34. The molecule has 1 aliphatic rings. The van der Waals surface area contributed by atoms with Gasteiger partial charge in [0.2, 0.25) is 0 Å². The van der Waals surface area contributed by atoms with Gasteiger partial charge in [0.05, 0.1) is 17.5 Å². The van der Waals surface area contributed by atoms with Gasteiger partial charge in [-0.3, -0.25) is 14.7 Å². The van der Waals surface area contributed by atoms with Gasteiger partial charge < -0.3 is 0 Å². The Bertz CT molecular complexity index is 1070. The van der Waals surface area contributed by atoms with Crippen molar-refractivity contribution in [1.82, 2.24) is 26.1 Å². The molecule has 1 aliphatic heterocycles. The third-order valence-electron chi connectivity index (χ3n) is 4.92. The van der Waals surface area contributed by atoms with Crippen LogP contribution in [0.5, 0.6) is 0 Å².